The Morgan fingerprint density at radius 1 is 1.13 bits per heavy atom. The zero-order valence-corrected chi connectivity index (χ0v) is 13.3. The van der Waals surface area contributed by atoms with Crippen molar-refractivity contribution in [2.45, 2.75) is 13.8 Å². The van der Waals surface area contributed by atoms with Gasteiger partial charge >= 0.3 is 6.03 Å². The number of aryl methyl sites for hydroxylation is 1. The molecule has 0 spiro atoms. The number of hydrazine groups is 1. The highest BCUT2D eigenvalue weighted by Gasteiger charge is 2.10. The standard InChI is InChI=1S/C16H19N5O2/c1-11-14(9-10-15(22)18-19-16(23)17-3)12(2)21(20-11)13-7-5-4-6-8-13/h4-10H,1-3H3,(H,18,22)(H2,17,19,23)/b10-9+. The van der Waals surface area contributed by atoms with E-state index in [1.807, 2.05) is 48.9 Å². The van der Waals surface area contributed by atoms with Crippen LogP contribution in [0.5, 0.6) is 0 Å². The summed E-state index contributed by atoms with van der Waals surface area (Å²) >= 11 is 0. The van der Waals surface area contributed by atoms with Gasteiger partial charge in [-0.1, -0.05) is 18.2 Å². The van der Waals surface area contributed by atoms with Crippen LogP contribution in [0.2, 0.25) is 0 Å². The van der Waals surface area contributed by atoms with Crippen molar-refractivity contribution < 1.29 is 9.59 Å². The highest BCUT2D eigenvalue weighted by Crippen LogP contribution is 2.18. The lowest BCUT2D eigenvalue weighted by atomic mass is 10.2. The van der Waals surface area contributed by atoms with Gasteiger partial charge in [-0.15, -0.1) is 0 Å². The number of carbonyl (C=O) groups excluding carboxylic acids is 2. The molecule has 0 saturated heterocycles. The molecule has 0 bridgehead atoms. The molecule has 0 atom stereocenters. The molecular formula is C16H19N5O2. The van der Waals surface area contributed by atoms with Crippen LogP contribution in [-0.4, -0.2) is 28.8 Å². The van der Waals surface area contributed by atoms with Gasteiger partial charge in [-0.05, 0) is 32.1 Å². The smallest absolute Gasteiger partial charge is 0.333 e. The largest absolute Gasteiger partial charge is 0.340 e. The third kappa shape index (κ3) is 3.97. The van der Waals surface area contributed by atoms with Crippen LogP contribution in [0, 0.1) is 13.8 Å². The van der Waals surface area contributed by atoms with E-state index in [0.29, 0.717) is 0 Å². The lowest BCUT2D eigenvalue weighted by Gasteiger charge is -2.04. The Bertz CT molecular complexity index is 734. The Morgan fingerprint density at radius 2 is 1.83 bits per heavy atom. The van der Waals surface area contributed by atoms with Crippen molar-refractivity contribution in [1.82, 2.24) is 25.9 Å². The first kappa shape index (κ1) is 16.3. The van der Waals surface area contributed by atoms with Crippen molar-refractivity contribution in [3.05, 3.63) is 53.4 Å². The van der Waals surface area contributed by atoms with Crippen molar-refractivity contribution in [3.8, 4) is 5.69 Å². The van der Waals surface area contributed by atoms with Gasteiger partial charge in [-0.25, -0.2) is 14.9 Å². The minimum atomic E-state index is -0.490. The number of nitrogens with one attached hydrogen (secondary N) is 3. The van der Waals surface area contributed by atoms with E-state index in [0.717, 1.165) is 22.6 Å². The lowest BCUT2D eigenvalue weighted by Crippen LogP contribution is -2.45. The van der Waals surface area contributed by atoms with Gasteiger partial charge in [0.2, 0.25) is 0 Å². The monoisotopic (exact) mass is 313 g/mol. The minimum absolute atomic E-state index is 0.431. The number of hydrogen-bond acceptors (Lipinski definition) is 3. The first-order chi connectivity index (χ1) is 11.0. The topological polar surface area (TPSA) is 88.1 Å². The van der Waals surface area contributed by atoms with E-state index in [4.69, 9.17) is 0 Å². The quantitative estimate of drug-likeness (QED) is 0.592. The number of urea groups is 1. The fourth-order valence-corrected chi connectivity index (χ4v) is 2.10. The Labute approximate surface area is 134 Å². The van der Waals surface area contributed by atoms with Crippen LogP contribution in [-0.2, 0) is 4.79 Å². The molecule has 0 fully saturated rings. The molecule has 0 unspecified atom stereocenters. The van der Waals surface area contributed by atoms with E-state index in [-0.39, 0.29) is 0 Å². The second-order valence-corrected chi connectivity index (χ2v) is 4.86. The van der Waals surface area contributed by atoms with E-state index in [1.54, 1.807) is 6.08 Å². The predicted molar refractivity (Wildman–Crippen MR) is 87.8 cm³/mol. The molecular weight excluding hydrogens is 294 g/mol. The molecule has 0 saturated carbocycles. The average molecular weight is 313 g/mol. The summed E-state index contributed by atoms with van der Waals surface area (Å²) in [5.41, 5.74) is 8.04. The summed E-state index contributed by atoms with van der Waals surface area (Å²) < 4.78 is 1.83. The number of nitrogens with zero attached hydrogens (tertiary/aromatic N) is 2. The average Bonchev–Trinajstić information content (AvgIpc) is 2.85. The molecule has 120 valence electrons. The highest BCUT2D eigenvalue weighted by atomic mass is 16.2. The second-order valence-electron chi connectivity index (χ2n) is 4.86. The Morgan fingerprint density at radius 3 is 2.48 bits per heavy atom. The molecule has 7 heteroatoms. The first-order valence-electron chi connectivity index (χ1n) is 7.10. The van der Waals surface area contributed by atoms with Crippen LogP contribution in [0.1, 0.15) is 17.0 Å². The summed E-state index contributed by atoms with van der Waals surface area (Å²) in [5.74, 6) is -0.431. The molecule has 3 amide bonds. The summed E-state index contributed by atoms with van der Waals surface area (Å²) in [6, 6.07) is 9.27. The molecule has 3 N–H and O–H groups in total. The number of aromatic nitrogens is 2. The summed E-state index contributed by atoms with van der Waals surface area (Å²) in [6.07, 6.45) is 3.03. The predicted octanol–water partition coefficient (Wildman–Crippen LogP) is 1.46. The van der Waals surface area contributed by atoms with Crippen LogP contribution in [0.25, 0.3) is 11.8 Å². The number of benzene rings is 1. The maximum absolute atomic E-state index is 11.7. The molecule has 1 aromatic heterocycles. The molecule has 0 aliphatic heterocycles. The van der Waals surface area contributed by atoms with E-state index >= 15 is 0 Å². The molecule has 7 nitrogen and oxygen atoms in total. The maximum Gasteiger partial charge on any atom is 0.333 e. The van der Waals surface area contributed by atoms with E-state index in [9.17, 15) is 9.59 Å². The van der Waals surface area contributed by atoms with Crippen molar-refractivity contribution in [2.75, 3.05) is 7.05 Å². The molecule has 23 heavy (non-hydrogen) atoms. The molecule has 0 aliphatic carbocycles. The van der Waals surface area contributed by atoms with Crippen LogP contribution >= 0.6 is 0 Å². The van der Waals surface area contributed by atoms with Gasteiger partial charge < -0.3 is 5.32 Å². The Hall–Kier alpha value is -3.09. The zero-order valence-electron chi connectivity index (χ0n) is 13.3. The molecule has 2 rings (SSSR count). The van der Waals surface area contributed by atoms with Gasteiger partial charge in [-0.2, -0.15) is 5.10 Å². The van der Waals surface area contributed by atoms with Crippen molar-refractivity contribution in [2.24, 2.45) is 0 Å². The number of amides is 3. The first-order valence-corrected chi connectivity index (χ1v) is 7.10. The second kappa shape index (κ2) is 7.26. The highest BCUT2D eigenvalue weighted by molar-refractivity contribution is 5.93. The van der Waals surface area contributed by atoms with Gasteiger partial charge in [-0.3, -0.25) is 10.2 Å². The number of hydrogen-bond donors (Lipinski definition) is 3. The molecule has 1 heterocycles. The summed E-state index contributed by atoms with van der Waals surface area (Å²) in [7, 11) is 1.46. The number of carbonyl (C=O) groups is 2. The van der Waals surface area contributed by atoms with Crippen molar-refractivity contribution >= 4 is 18.0 Å². The van der Waals surface area contributed by atoms with Gasteiger partial charge in [0.1, 0.15) is 0 Å². The van der Waals surface area contributed by atoms with Crippen LogP contribution in [0.4, 0.5) is 4.79 Å². The van der Waals surface area contributed by atoms with Crippen LogP contribution < -0.4 is 16.2 Å². The summed E-state index contributed by atoms with van der Waals surface area (Å²) in [6.45, 7) is 3.82. The van der Waals surface area contributed by atoms with Gasteiger partial charge in [0, 0.05) is 24.4 Å². The maximum atomic E-state index is 11.7. The third-order valence-corrected chi connectivity index (χ3v) is 3.28. The van der Waals surface area contributed by atoms with Crippen molar-refractivity contribution in [1.29, 1.82) is 0 Å². The zero-order chi connectivity index (χ0) is 16.8. The van der Waals surface area contributed by atoms with E-state index in [1.165, 1.54) is 13.1 Å². The molecule has 0 aliphatic rings. The summed E-state index contributed by atoms with van der Waals surface area (Å²) in [4.78, 5) is 22.7. The fraction of sp³-hybridized carbons (Fsp3) is 0.188. The van der Waals surface area contributed by atoms with Gasteiger partial charge in [0.05, 0.1) is 11.4 Å². The van der Waals surface area contributed by atoms with Crippen LogP contribution in [0.3, 0.4) is 0 Å². The lowest BCUT2D eigenvalue weighted by molar-refractivity contribution is -0.117. The number of rotatable bonds is 3. The normalized spacial score (nSPS) is 10.6. The molecule has 2 aromatic rings. The minimum Gasteiger partial charge on any atom is -0.340 e. The molecule has 1 aromatic carbocycles. The number of para-hydroxylation sites is 1. The van der Waals surface area contributed by atoms with Gasteiger partial charge in [0.15, 0.2) is 0 Å². The molecule has 0 radical (unpaired) electrons. The fourth-order valence-electron chi connectivity index (χ4n) is 2.10. The SMILES string of the molecule is CNC(=O)NNC(=O)/C=C/c1c(C)nn(-c2ccccc2)c1C. The van der Waals surface area contributed by atoms with Gasteiger partial charge in [0.25, 0.3) is 5.91 Å². The van der Waals surface area contributed by atoms with Crippen LogP contribution in [0.15, 0.2) is 36.4 Å². The Kier molecular flexibility index (Phi) is 5.14. The van der Waals surface area contributed by atoms with E-state index < -0.39 is 11.9 Å². The van der Waals surface area contributed by atoms with Crippen molar-refractivity contribution in [3.63, 3.8) is 0 Å². The third-order valence-electron chi connectivity index (χ3n) is 3.28. The summed E-state index contributed by atoms with van der Waals surface area (Å²) in [5, 5.41) is 6.83. The Balaban J connectivity index is 2.15. The van der Waals surface area contributed by atoms with E-state index in [2.05, 4.69) is 21.3 Å².